The molecule has 2 unspecified atom stereocenters. The van der Waals surface area contributed by atoms with E-state index in [1.807, 2.05) is 0 Å². The third kappa shape index (κ3) is 3.09. The number of nitrogens with one attached hydrogen (secondary N) is 1. The van der Waals surface area contributed by atoms with Gasteiger partial charge in [-0.2, -0.15) is 0 Å². The Morgan fingerprint density at radius 2 is 2.14 bits per heavy atom. The number of benzene rings is 1. The van der Waals surface area contributed by atoms with Gasteiger partial charge in [-0.1, -0.05) is 30.5 Å². The Morgan fingerprint density at radius 3 is 2.81 bits per heavy atom. The van der Waals surface area contributed by atoms with Crippen LogP contribution in [0.25, 0.3) is 0 Å². The smallest absolute Gasteiger partial charge is 0.124 e. The summed E-state index contributed by atoms with van der Waals surface area (Å²) >= 11 is 6.21. The summed E-state index contributed by atoms with van der Waals surface area (Å²) in [6.07, 6.45) is 6.70. The maximum absolute atomic E-state index is 13.2. The molecule has 116 valence electrons. The fraction of sp³-hybridized carbons (Fsp3) is 0.625. The van der Waals surface area contributed by atoms with Crippen LogP contribution in [0.3, 0.4) is 0 Å². The van der Waals surface area contributed by atoms with Crippen molar-refractivity contribution in [1.82, 2.24) is 5.43 Å². The highest BCUT2D eigenvalue weighted by Gasteiger charge is 2.42. The van der Waals surface area contributed by atoms with Gasteiger partial charge in [0.05, 0.1) is 11.6 Å². The molecule has 1 aromatic carbocycles. The van der Waals surface area contributed by atoms with Gasteiger partial charge in [0.25, 0.3) is 0 Å². The normalized spacial score (nSPS) is 26.1. The lowest BCUT2D eigenvalue weighted by Crippen LogP contribution is -2.43. The molecule has 1 aromatic rings. The third-order valence-corrected chi connectivity index (χ3v) is 5.32. The molecule has 1 saturated carbocycles. The molecule has 0 radical (unpaired) electrons. The largest absolute Gasteiger partial charge is 0.375 e. The molecule has 3 nitrogen and oxygen atoms in total. The van der Waals surface area contributed by atoms with Gasteiger partial charge < -0.3 is 4.74 Å². The average molecular weight is 313 g/mol. The van der Waals surface area contributed by atoms with Crippen molar-refractivity contribution in [2.24, 2.45) is 11.8 Å². The highest BCUT2D eigenvalue weighted by molar-refractivity contribution is 6.31. The van der Waals surface area contributed by atoms with Crippen LogP contribution in [0.1, 0.15) is 50.1 Å². The van der Waals surface area contributed by atoms with Crippen LogP contribution in [-0.4, -0.2) is 12.2 Å². The number of rotatable bonds is 3. The number of ether oxygens (including phenoxy) is 1. The molecule has 1 heterocycles. The number of hydrogen-bond acceptors (Lipinski definition) is 3. The van der Waals surface area contributed by atoms with E-state index in [0.29, 0.717) is 10.9 Å². The summed E-state index contributed by atoms with van der Waals surface area (Å²) in [6, 6.07) is 4.47. The van der Waals surface area contributed by atoms with E-state index in [0.717, 1.165) is 37.9 Å². The molecule has 3 N–H and O–H groups in total. The maximum atomic E-state index is 13.2. The number of hydrazine groups is 1. The first kappa shape index (κ1) is 15.2. The summed E-state index contributed by atoms with van der Waals surface area (Å²) in [7, 11) is 0. The van der Waals surface area contributed by atoms with Gasteiger partial charge >= 0.3 is 0 Å². The lowest BCUT2D eigenvalue weighted by Gasteiger charge is -2.41. The van der Waals surface area contributed by atoms with Crippen LogP contribution in [0, 0.1) is 11.7 Å². The van der Waals surface area contributed by atoms with Gasteiger partial charge in [0.2, 0.25) is 0 Å². The van der Waals surface area contributed by atoms with Gasteiger partial charge in [0, 0.05) is 11.6 Å². The average Bonchev–Trinajstić information content (AvgIpc) is 2.90. The first-order valence-electron chi connectivity index (χ1n) is 7.69. The lowest BCUT2D eigenvalue weighted by molar-refractivity contribution is -0.0982. The van der Waals surface area contributed by atoms with Crippen molar-refractivity contribution in [1.29, 1.82) is 0 Å². The summed E-state index contributed by atoms with van der Waals surface area (Å²) in [5.41, 5.74) is 3.80. The Labute approximate surface area is 130 Å². The monoisotopic (exact) mass is 312 g/mol. The molecule has 3 rings (SSSR count). The van der Waals surface area contributed by atoms with Crippen LogP contribution >= 0.6 is 11.6 Å². The highest BCUT2D eigenvalue weighted by Crippen LogP contribution is 2.45. The van der Waals surface area contributed by atoms with Crippen molar-refractivity contribution < 1.29 is 9.13 Å². The first-order chi connectivity index (χ1) is 10.1. The van der Waals surface area contributed by atoms with E-state index in [4.69, 9.17) is 22.2 Å². The molecule has 5 heteroatoms. The number of hydrogen-bond donors (Lipinski definition) is 2. The molecule has 2 fully saturated rings. The second-order valence-corrected chi connectivity index (χ2v) is 6.71. The van der Waals surface area contributed by atoms with Crippen molar-refractivity contribution in [3.63, 3.8) is 0 Å². The number of nitrogens with two attached hydrogens (primary N) is 1. The van der Waals surface area contributed by atoms with E-state index in [2.05, 4.69) is 5.43 Å². The Bertz CT molecular complexity index is 505. The van der Waals surface area contributed by atoms with Crippen LogP contribution in [0.5, 0.6) is 0 Å². The fourth-order valence-corrected chi connectivity index (χ4v) is 4.24. The Kier molecular flexibility index (Phi) is 4.50. The second-order valence-electron chi connectivity index (χ2n) is 6.30. The summed E-state index contributed by atoms with van der Waals surface area (Å²) < 4.78 is 19.3. The minimum Gasteiger partial charge on any atom is -0.375 e. The van der Waals surface area contributed by atoms with E-state index in [-0.39, 0.29) is 17.5 Å². The molecule has 2 aliphatic rings. The van der Waals surface area contributed by atoms with Gasteiger partial charge in [0.15, 0.2) is 0 Å². The van der Waals surface area contributed by atoms with Gasteiger partial charge in [0.1, 0.15) is 5.82 Å². The van der Waals surface area contributed by atoms with Gasteiger partial charge in [-0.3, -0.25) is 11.3 Å². The second kappa shape index (κ2) is 6.21. The summed E-state index contributed by atoms with van der Waals surface area (Å²) in [5, 5.41) is 0.435. The van der Waals surface area contributed by atoms with Gasteiger partial charge in [-0.15, -0.1) is 0 Å². The molecule has 0 aromatic heterocycles. The molecule has 1 saturated heterocycles. The SMILES string of the molecule is NNC(c1ccc(F)cc1Cl)C1CCOC2(CCCC2)C1. The van der Waals surface area contributed by atoms with Crippen molar-refractivity contribution in [2.75, 3.05) is 6.61 Å². The minimum atomic E-state index is -0.321. The zero-order valence-electron chi connectivity index (χ0n) is 12.1. The molecule has 21 heavy (non-hydrogen) atoms. The van der Waals surface area contributed by atoms with E-state index >= 15 is 0 Å². The van der Waals surface area contributed by atoms with Crippen molar-refractivity contribution in [3.8, 4) is 0 Å². The minimum absolute atomic E-state index is 0.0323. The quantitative estimate of drug-likeness (QED) is 0.660. The van der Waals surface area contributed by atoms with Crippen LogP contribution in [0.2, 0.25) is 5.02 Å². The summed E-state index contributed by atoms with van der Waals surface area (Å²) in [6.45, 7) is 0.766. The zero-order valence-corrected chi connectivity index (χ0v) is 12.8. The first-order valence-corrected chi connectivity index (χ1v) is 8.06. The molecule has 1 aliphatic heterocycles. The van der Waals surface area contributed by atoms with Gasteiger partial charge in [-0.25, -0.2) is 4.39 Å². The molecule has 0 bridgehead atoms. The fourth-order valence-electron chi connectivity index (χ4n) is 3.95. The van der Waals surface area contributed by atoms with Crippen molar-refractivity contribution in [2.45, 2.75) is 50.2 Å². The molecule has 2 atom stereocenters. The van der Waals surface area contributed by atoms with E-state index in [9.17, 15) is 4.39 Å². The molecular formula is C16H22ClFN2O. The predicted molar refractivity (Wildman–Crippen MR) is 81.3 cm³/mol. The molecule has 0 amide bonds. The standard InChI is InChI=1S/C16H22ClFN2O/c17-14-9-12(18)3-4-13(14)15(20-19)11-5-8-21-16(10-11)6-1-2-7-16/h3-4,9,11,15,20H,1-2,5-8,10,19H2. The van der Waals surface area contributed by atoms with E-state index in [1.165, 1.54) is 25.0 Å². The van der Waals surface area contributed by atoms with Crippen LogP contribution in [0.15, 0.2) is 18.2 Å². The highest BCUT2D eigenvalue weighted by atomic mass is 35.5. The summed E-state index contributed by atoms with van der Waals surface area (Å²) in [4.78, 5) is 0. The van der Waals surface area contributed by atoms with E-state index in [1.54, 1.807) is 6.07 Å². The van der Waals surface area contributed by atoms with Crippen molar-refractivity contribution >= 4 is 11.6 Å². The molecular weight excluding hydrogens is 291 g/mol. The van der Waals surface area contributed by atoms with Crippen LogP contribution < -0.4 is 11.3 Å². The van der Waals surface area contributed by atoms with Gasteiger partial charge in [-0.05, 0) is 49.3 Å². The Hall–Kier alpha value is -0.680. The predicted octanol–water partition coefficient (Wildman–Crippen LogP) is 3.72. The molecule has 1 spiro atoms. The summed E-state index contributed by atoms with van der Waals surface area (Å²) in [5.74, 6) is 5.83. The third-order valence-electron chi connectivity index (χ3n) is 4.99. The van der Waals surface area contributed by atoms with Crippen molar-refractivity contribution in [3.05, 3.63) is 34.6 Å². The topological polar surface area (TPSA) is 47.3 Å². The Morgan fingerprint density at radius 1 is 1.38 bits per heavy atom. The van der Waals surface area contributed by atoms with Crippen LogP contribution in [-0.2, 0) is 4.74 Å². The lowest BCUT2D eigenvalue weighted by atomic mass is 9.79. The Balaban J connectivity index is 1.82. The molecule has 1 aliphatic carbocycles. The number of halogens is 2. The zero-order chi connectivity index (χ0) is 14.9. The van der Waals surface area contributed by atoms with Crippen LogP contribution in [0.4, 0.5) is 4.39 Å². The van der Waals surface area contributed by atoms with E-state index < -0.39 is 0 Å². The maximum Gasteiger partial charge on any atom is 0.124 e.